The molecule has 1 heterocycles. The highest BCUT2D eigenvalue weighted by molar-refractivity contribution is 6.17. The van der Waals surface area contributed by atoms with Crippen molar-refractivity contribution in [2.45, 2.75) is 20.8 Å². The van der Waals surface area contributed by atoms with Crippen molar-refractivity contribution in [3.05, 3.63) is 71.9 Å². The molecule has 29 heavy (non-hydrogen) atoms. The smallest absolute Gasteiger partial charge is 0.340 e. The van der Waals surface area contributed by atoms with Gasteiger partial charge in [-0.3, -0.25) is 4.79 Å². The molecule has 0 bridgehead atoms. The molecule has 0 saturated carbocycles. The monoisotopic (exact) mass is 387 g/mol. The van der Waals surface area contributed by atoms with Gasteiger partial charge in [-0.05, 0) is 32.0 Å². The zero-order valence-corrected chi connectivity index (χ0v) is 16.6. The van der Waals surface area contributed by atoms with Crippen LogP contribution in [-0.2, 0) is 9.53 Å². The van der Waals surface area contributed by atoms with Crippen molar-refractivity contribution in [3.63, 3.8) is 0 Å². The Morgan fingerprint density at radius 2 is 1.59 bits per heavy atom. The lowest BCUT2D eigenvalue weighted by Gasteiger charge is -2.12. The van der Waals surface area contributed by atoms with E-state index in [1.54, 1.807) is 13.0 Å². The van der Waals surface area contributed by atoms with Crippen LogP contribution in [0.2, 0.25) is 0 Å². The summed E-state index contributed by atoms with van der Waals surface area (Å²) in [6.45, 7) is 5.33. The van der Waals surface area contributed by atoms with Gasteiger partial charge in [-0.15, -0.1) is 0 Å². The second kappa shape index (κ2) is 7.43. The summed E-state index contributed by atoms with van der Waals surface area (Å²) in [4.78, 5) is 24.5. The predicted molar refractivity (Wildman–Crippen MR) is 113 cm³/mol. The Kier molecular flexibility index (Phi) is 4.80. The van der Waals surface area contributed by atoms with Crippen LogP contribution in [0.15, 0.2) is 60.7 Å². The van der Waals surface area contributed by atoms with E-state index < -0.39 is 11.9 Å². The lowest BCUT2D eigenvalue weighted by molar-refractivity contribution is -0.131. The topological polar surface area (TPSA) is 57.5 Å². The number of rotatable bonds is 4. The molecule has 0 N–H and O–H groups in total. The summed E-state index contributed by atoms with van der Waals surface area (Å²) in [5.74, 6) is -0.378. The quantitative estimate of drug-likeness (QED) is 0.357. The number of hydrogen-bond donors (Lipinski definition) is 0. The fourth-order valence-corrected chi connectivity index (χ4v) is 3.83. The van der Waals surface area contributed by atoms with Crippen molar-refractivity contribution < 1.29 is 19.1 Å². The lowest BCUT2D eigenvalue weighted by Crippen LogP contribution is -2.07. The highest BCUT2D eigenvalue weighted by atomic mass is 16.5. The van der Waals surface area contributed by atoms with E-state index in [4.69, 9.17) is 9.47 Å². The maximum atomic E-state index is 12.9. The molecule has 0 amide bonds. The van der Waals surface area contributed by atoms with E-state index in [9.17, 15) is 9.59 Å². The van der Waals surface area contributed by atoms with E-state index in [2.05, 4.69) is 4.57 Å². The van der Waals surface area contributed by atoms with Crippen LogP contribution >= 0.6 is 0 Å². The van der Waals surface area contributed by atoms with Crippen LogP contribution < -0.4 is 4.74 Å². The number of carbonyl (C=O) groups excluding carboxylic acids is 2. The lowest BCUT2D eigenvalue weighted by atomic mass is 10.0. The summed E-state index contributed by atoms with van der Waals surface area (Å²) < 4.78 is 12.9. The third kappa shape index (κ3) is 3.14. The minimum Gasteiger partial charge on any atom is -0.462 e. The van der Waals surface area contributed by atoms with Gasteiger partial charge in [-0.25, -0.2) is 4.79 Å². The minimum atomic E-state index is -0.411. The number of carbonyl (C=O) groups is 2. The molecule has 4 aromatic rings. The summed E-state index contributed by atoms with van der Waals surface area (Å²) >= 11 is 0. The number of aromatic nitrogens is 1. The van der Waals surface area contributed by atoms with Crippen molar-refractivity contribution in [1.29, 1.82) is 0 Å². The third-order valence-corrected chi connectivity index (χ3v) is 4.92. The zero-order chi connectivity index (χ0) is 20.5. The number of hydrogen-bond acceptors (Lipinski definition) is 4. The maximum Gasteiger partial charge on any atom is 0.340 e. The number of esters is 2. The van der Waals surface area contributed by atoms with Crippen molar-refractivity contribution >= 4 is 33.6 Å². The zero-order valence-electron chi connectivity index (χ0n) is 16.6. The first-order valence-electron chi connectivity index (χ1n) is 9.50. The Balaban J connectivity index is 2.18. The summed E-state index contributed by atoms with van der Waals surface area (Å²) in [5.41, 5.74) is 3.07. The van der Waals surface area contributed by atoms with Gasteiger partial charge in [-0.2, -0.15) is 0 Å². The summed E-state index contributed by atoms with van der Waals surface area (Å²) in [6, 6.07) is 19.3. The maximum absolute atomic E-state index is 12.9. The van der Waals surface area contributed by atoms with Crippen LogP contribution in [0.1, 0.15) is 29.9 Å². The van der Waals surface area contributed by atoms with Gasteiger partial charge in [0.25, 0.3) is 0 Å². The Morgan fingerprint density at radius 3 is 2.24 bits per heavy atom. The largest absolute Gasteiger partial charge is 0.462 e. The summed E-state index contributed by atoms with van der Waals surface area (Å²) in [5, 5.41) is 2.39. The fraction of sp³-hybridized carbons (Fsp3) is 0.167. The van der Waals surface area contributed by atoms with Crippen LogP contribution in [0.5, 0.6) is 5.75 Å². The van der Waals surface area contributed by atoms with Crippen molar-refractivity contribution in [1.82, 2.24) is 4.57 Å². The molecule has 0 aliphatic heterocycles. The summed E-state index contributed by atoms with van der Waals surface area (Å²) in [7, 11) is 0. The first-order valence-corrected chi connectivity index (χ1v) is 9.50. The van der Waals surface area contributed by atoms with E-state index in [0.717, 1.165) is 27.7 Å². The molecule has 4 rings (SSSR count). The molecule has 0 fully saturated rings. The highest BCUT2D eigenvalue weighted by Gasteiger charge is 2.25. The van der Waals surface area contributed by atoms with E-state index in [1.807, 2.05) is 61.5 Å². The van der Waals surface area contributed by atoms with Gasteiger partial charge in [0, 0.05) is 34.5 Å². The van der Waals surface area contributed by atoms with Crippen LogP contribution in [-0.4, -0.2) is 23.1 Å². The van der Waals surface area contributed by atoms with Gasteiger partial charge < -0.3 is 14.0 Å². The molecule has 5 nitrogen and oxygen atoms in total. The molecule has 0 atom stereocenters. The Hall–Kier alpha value is -3.60. The second-order valence-corrected chi connectivity index (χ2v) is 6.76. The van der Waals surface area contributed by atoms with E-state index in [-0.39, 0.29) is 6.61 Å². The van der Waals surface area contributed by atoms with Crippen molar-refractivity contribution in [2.24, 2.45) is 0 Å². The van der Waals surface area contributed by atoms with Crippen LogP contribution in [0.4, 0.5) is 0 Å². The number of benzene rings is 3. The highest BCUT2D eigenvalue weighted by Crippen LogP contribution is 2.39. The molecule has 5 heteroatoms. The molecule has 1 aromatic heterocycles. The van der Waals surface area contributed by atoms with Gasteiger partial charge in [0.2, 0.25) is 0 Å². The Bertz CT molecular complexity index is 1240. The first kappa shape index (κ1) is 18.7. The molecule has 3 aromatic carbocycles. The molecule has 0 aliphatic rings. The Morgan fingerprint density at radius 1 is 0.931 bits per heavy atom. The molecule has 0 unspecified atom stereocenters. The SMILES string of the molecule is CCOC(=O)c1c(C)n(-c2ccccc2)c2c1cc(OC(C)=O)c1ccccc12. The molecule has 0 aliphatic carbocycles. The summed E-state index contributed by atoms with van der Waals surface area (Å²) in [6.07, 6.45) is 0. The van der Waals surface area contributed by atoms with Gasteiger partial charge in [0.15, 0.2) is 0 Å². The van der Waals surface area contributed by atoms with Gasteiger partial charge in [0.1, 0.15) is 5.75 Å². The molecular weight excluding hydrogens is 366 g/mol. The van der Waals surface area contributed by atoms with Crippen molar-refractivity contribution in [2.75, 3.05) is 6.61 Å². The normalized spacial score (nSPS) is 11.0. The van der Waals surface area contributed by atoms with Gasteiger partial charge >= 0.3 is 11.9 Å². The second-order valence-electron chi connectivity index (χ2n) is 6.76. The number of ether oxygens (including phenoxy) is 2. The van der Waals surface area contributed by atoms with Crippen LogP contribution in [0.25, 0.3) is 27.4 Å². The van der Waals surface area contributed by atoms with Crippen LogP contribution in [0, 0.1) is 6.92 Å². The van der Waals surface area contributed by atoms with Gasteiger partial charge in [-0.1, -0.05) is 42.5 Å². The fourth-order valence-electron chi connectivity index (χ4n) is 3.83. The number of nitrogens with zero attached hydrogens (tertiary/aromatic N) is 1. The minimum absolute atomic E-state index is 0.278. The first-order chi connectivity index (χ1) is 14.0. The van der Waals surface area contributed by atoms with Crippen LogP contribution in [0.3, 0.4) is 0 Å². The third-order valence-electron chi connectivity index (χ3n) is 4.92. The van der Waals surface area contributed by atoms with E-state index in [0.29, 0.717) is 16.7 Å². The average Bonchev–Trinajstić information content (AvgIpc) is 3.00. The Labute approximate surface area is 168 Å². The standard InChI is InChI=1S/C24H21NO4/c1-4-28-24(27)22-15(2)25(17-10-6-5-7-11-17)23-19-13-9-8-12-18(19)21(14-20(22)23)29-16(3)26/h5-14H,4H2,1-3H3. The average molecular weight is 387 g/mol. The van der Waals surface area contributed by atoms with E-state index >= 15 is 0 Å². The predicted octanol–water partition coefficient (Wildman–Crippen LogP) is 5.19. The van der Waals surface area contributed by atoms with Crippen molar-refractivity contribution in [3.8, 4) is 11.4 Å². The molecule has 0 saturated heterocycles. The molecule has 0 radical (unpaired) electrons. The number of fused-ring (bicyclic) bond motifs is 3. The molecular formula is C24H21NO4. The molecule has 0 spiro atoms. The number of para-hydroxylation sites is 1. The van der Waals surface area contributed by atoms with E-state index in [1.165, 1.54) is 6.92 Å². The molecule has 146 valence electrons. The van der Waals surface area contributed by atoms with Gasteiger partial charge in [0.05, 0.1) is 17.7 Å².